The summed E-state index contributed by atoms with van der Waals surface area (Å²) in [5.74, 6) is -1.36. The van der Waals surface area contributed by atoms with Crippen molar-refractivity contribution in [1.82, 2.24) is 4.90 Å². The third kappa shape index (κ3) is 3.93. The van der Waals surface area contributed by atoms with Crippen LogP contribution in [0.3, 0.4) is 0 Å². The van der Waals surface area contributed by atoms with Gasteiger partial charge in [0.05, 0.1) is 11.6 Å². The zero-order chi connectivity index (χ0) is 15.9. The molecule has 2 aromatic rings. The van der Waals surface area contributed by atoms with Gasteiger partial charge >= 0.3 is 11.8 Å². The van der Waals surface area contributed by atoms with Crippen LogP contribution in [-0.2, 0) is 16.1 Å². The van der Waals surface area contributed by atoms with Gasteiger partial charge in [0, 0.05) is 19.3 Å². The van der Waals surface area contributed by atoms with Crippen LogP contribution in [0.15, 0.2) is 54.6 Å². The third-order valence-electron chi connectivity index (χ3n) is 3.05. The summed E-state index contributed by atoms with van der Waals surface area (Å²) in [5, 5.41) is 11.3. The van der Waals surface area contributed by atoms with Crippen molar-refractivity contribution in [2.24, 2.45) is 0 Å². The van der Waals surface area contributed by atoms with Crippen molar-refractivity contribution in [3.63, 3.8) is 0 Å². The van der Waals surface area contributed by atoms with Gasteiger partial charge in [-0.15, -0.1) is 0 Å². The van der Waals surface area contributed by atoms with Crippen LogP contribution in [0, 0.1) is 11.3 Å². The smallest absolute Gasteiger partial charge is 0.313 e. The van der Waals surface area contributed by atoms with E-state index in [1.165, 1.54) is 11.0 Å². The summed E-state index contributed by atoms with van der Waals surface area (Å²) >= 11 is 0. The molecule has 0 aromatic heterocycles. The number of carbonyl (C=O) groups excluding carboxylic acids is 2. The maximum atomic E-state index is 12.1. The zero-order valence-corrected chi connectivity index (χ0v) is 12.1. The normalized spacial score (nSPS) is 9.64. The average Bonchev–Trinajstić information content (AvgIpc) is 2.55. The molecular weight excluding hydrogens is 278 g/mol. The van der Waals surface area contributed by atoms with Gasteiger partial charge in [0.2, 0.25) is 0 Å². The predicted molar refractivity (Wildman–Crippen MR) is 82.7 cm³/mol. The lowest BCUT2D eigenvalue weighted by Gasteiger charge is -2.16. The Bertz CT molecular complexity index is 720. The quantitative estimate of drug-likeness (QED) is 0.881. The Hall–Kier alpha value is -3.13. The van der Waals surface area contributed by atoms with Gasteiger partial charge in [-0.05, 0) is 23.8 Å². The Morgan fingerprint density at radius 2 is 1.86 bits per heavy atom. The first-order valence-corrected chi connectivity index (χ1v) is 6.70. The molecule has 1 N–H and O–H groups in total. The van der Waals surface area contributed by atoms with Gasteiger partial charge in [0.25, 0.3) is 0 Å². The van der Waals surface area contributed by atoms with E-state index < -0.39 is 11.8 Å². The Labute approximate surface area is 128 Å². The molecule has 0 atom stereocenters. The molecule has 2 aromatic carbocycles. The van der Waals surface area contributed by atoms with E-state index in [1.807, 2.05) is 36.4 Å². The number of nitriles is 1. The standard InChI is InChI=1S/C17H15N3O2/c1-20(12-13-6-3-2-4-7-13)17(22)16(21)19-15-9-5-8-14(10-15)11-18/h2-10H,12H2,1H3,(H,19,21). The van der Waals surface area contributed by atoms with Crippen LogP contribution in [0.5, 0.6) is 0 Å². The number of anilines is 1. The number of rotatable bonds is 3. The van der Waals surface area contributed by atoms with E-state index in [2.05, 4.69) is 5.32 Å². The number of hydrogen-bond acceptors (Lipinski definition) is 3. The third-order valence-corrected chi connectivity index (χ3v) is 3.05. The second-order valence-electron chi connectivity index (χ2n) is 4.79. The van der Waals surface area contributed by atoms with Crippen molar-refractivity contribution in [3.05, 3.63) is 65.7 Å². The first-order valence-electron chi connectivity index (χ1n) is 6.70. The second kappa shape index (κ2) is 7.04. The molecule has 0 radical (unpaired) electrons. The molecule has 110 valence electrons. The molecule has 22 heavy (non-hydrogen) atoms. The lowest BCUT2D eigenvalue weighted by molar-refractivity contribution is -0.142. The number of carbonyl (C=O) groups is 2. The summed E-state index contributed by atoms with van der Waals surface area (Å²) in [6.45, 7) is 0.353. The lowest BCUT2D eigenvalue weighted by Crippen LogP contribution is -2.36. The van der Waals surface area contributed by atoms with Crippen molar-refractivity contribution < 1.29 is 9.59 Å². The highest BCUT2D eigenvalue weighted by Gasteiger charge is 2.18. The molecule has 0 aliphatic carbocycles. The number of amides is 2. The van der Waals surface area contributed by atoms with E-state index in [9.17, 15) is 9.59 Å². The topological polar surface area (TPSA) is 73.2 Å². The molecule has 0 aliphatic heterocycles. The lowest BCUT2D eigenvalue weighted by atomic mass is 10.2. The Kier molecular flexibility index (Phi) is 4.89. The SMILES string of the molecule is CN(Cc1ccccc1)C(=O)C(=O)Nc1cccc(C#N)c1. The van der Waals surface area contributed by atoms with E-state index in [-0.39, 0.29) is 0 Å². The fourth-order valence-corrected chi connectivity index (χ4v) is 1.95. The van der Waals surface area contributed by atoms with Crippen molar-refractivity contribution in [2.75, 3.05) is 12.4 Å². The summed E-state index contributed by atoms with van der Waals surface area (Å²) in [6, 6.07) is 17.8. The van der Waals surface area contributed by atoms with E-state index in [0.29, 0.717) is 17.8 Å². The van der Waals surface area contributed by atoms with E-state index in [4.69, 9.17) is 5.26 Å². The van der Waals surface area contributed by atoms with E-state index in [1.54, 1.807) is 25.2 Å². The molecule has 0 spiro atoms. The van der Waals surface area contributed by atoms with Gasteiger partial charge in [-0.1, -0.05) is 36.4 Å². The molecule has 0 saturated heterocycles. The van der Waals surface area contributed by atoms with Crippen LogP contribution >= 0.6 is 0 Å². The number of likely N-dealkylation sites (N-methyl/N-ethyl adjacent to an activating group) is 1. The highest BCUT2D eigenvalue weighted by Crippen LogP contribution is 2.10. The number of benzene rings is 2. The molecule has 0 heterocycles. The minimum absolute atomic E-state index is 0.353. The number of hydrogen-bond donors (Lipinski definition) is 1. The molecule has 0 fully saturated rings. The molecule has 0 aliphatic rings. The van der Waals surface area contributed by atoms with Crippen LogP contribution in [0.4, 0.5) is 5.69 Å². The van der Waals surface area contributed by atoms with Gasteiger partial charge in [-0.2, -0.15) is 5.26 Å². The Balaban J connectivity index is 1.99. The molecule has 5 heteroatoms. The highest BCUT2D eigenvalue weighted by atomic mass is 16.2. The molecule has 0 unspecified atom stereocenters. The fraction of sp³-hybridized carbons (Fsp3) is 0.118. The maximum absolute atomic E-state index is 12.1. The van der Waals surface area contributed by atoms with Gasteiger partial charge in [0.15, 0.2) is 0 Å². The minimum Gasteiger partial charge on any atom is -0.333 e. The van der Waals surface area contributed by atoms with Crippen LogP contribution in [0.2, 0.25) is 0 Å². The van der Waals surface area contributed by atoms with Gasteiger partial charge in [0.1, 0.15) is 0 Å². The maximum Gasteiger partial charge on any atom is 0.313 e. The minimum atomic E-state index is -0.728. The van der Waals surface area contributed by atoms with Gasteiger partial charge in [-0.3, -0.25) is 9.59 Å². The molecule has 2 rings (SSSR count). The van der Waals surface area contributed by atoms with Crippen LogP contribution in [0.1, 0.15) is 11.1 Å². The highest BCUT2D eigenvalue weighted by molar-refractivity contribution is 6.39. The van der Waals surface area contributed by atoms with Crippen molar-refractivity contribution >= 4 is 17.5 Å². The Morgan fingerprint density at radius 3 is 2.55 bits per heavy atom. The molecule has 0 bridgehead atoms. The molecule has 2 amide bonds. The molecule has 5 nitrogen and oxygen atoms in total. The van der Waals surface area contributed by atoms with Crippen LogP contribution in [-0.4, -0.2) is 23.8 Å². The predicted octanol–water partition coefficient (Wildman–Crippen LogP) is 2.16. The van der Waals surface area contributed by atoms with Gasteiger partial charge < -0.3 is 10.2 Å². The molecular formula is C17H15N3O2. The summed E-state index contributed by atoms with van der Waals surface area (Å²) in [4.78, 5) is 25.4. The second-order valence-corrected chi connectivity index (χ2v) is 4.79. The largest absolute Gasteiger partial charge is 0.333 e. The summed E-state index contributed by atoms with van der Waals surface area (Å²) in [5.41, 5.74) is 1.78. The number of nitrogens with zero attached hydrogens (tertiary/aromatic N) is 2. The van der Waals surface area contributed by atoms with Crippen molar-refractivity contribution in [2.45, 2.75) is 6.54 Å². The van der Waals surface area contributed by atoms with Gasteiger partial charge in [-0.25, -0.2) is 0 Å². The fourth-order valence-electron chi connectivity index (χ4n) is 1.95. The Morgan fingerprint density at radius 1 is 1.14 bits per heavy atom. The monoisotopic (exact) mass is 293 g/mol. The van der Waals surface area contributed by atoms with Crippen LogP contribution < -0.4 is 5.32 Å². The van der Waals surface area contributed by atoms with Crippen molar-refractivity contribution in [1.29, 1.82) is 5.26 Å². The van der Waals surface area contributed by atoms with E-state index in [0.717, 1.165) is 5.56 Å². The first kappa shape index (κ1) is 15.3. The summed E-state index contributed by atoms with van der Waals surface area (Å²) < 4.78 is 0. The zero-order valence-electron chi connectivity index (χ0n) is 12.1. The first-order chi connectivity index (χ1) is 10.6. The average molecular weight is 293 g/mol. The van der Waals surface area contributed by atoms with Crippen molar-refractivity contribution in [3.8, 4) is 6.07 Å². The van der Waals surface area contributed by atoms with Crippen LogP contribution in [0.25, 0.3) is 0 Å². The molecule has 0 saturated carbocycles. The summed E-state index contributed by atoms with van der Waals surface area (Å²) in [6.07, 6.45) is 0. The number of nitrogens with one attached hydrogen (secondary N) is 1. The summed E-state index contributed by atoms with van der Waals surface area (Å²) in [7, 11) is 1.57. The van der Waals surface area contributed by atoms with E-state index >= 15 is 0 Å².